The van der Waals surface area contributed by atoms with Crippen LogP contribution in [-0.4, -0.2) is 24.1 Å². The second-order valence-electron chi connectivity index (χ2n) is 5.45. The summed E-state index contributed by atoms with van der Waals surface area (Å²) < 4.78 is 5.43. The molecule has 0 bridgehead atoms. The molecule has 1 aromatic carbocycles. The Morgan fingerprint density at radius 3 is 2.65 bits per heavy atom. The summed E-state index contributed by atoms with van der Waals surface area (Å²) in [6.07, 6.45) is 7.80. The van der Waals surface area contributed by atoms with E-state index in [4.69, 9.17) is 11.2 Å². The van der Waals surface area contributed by atoms with Gasteiger partial charge in [0.2, 0.25) is 0 Å². The second kappa shape index (κ2) is 6.47. The van der Waals surface area contributed by atoms with E-state index in [1.54, 1.807) is 4.90 Å². The number of ether oxygens (including phenoxy) is 1. The van der Waals surface area contributed by atoms with Crippen molar-refractivity contribution in [3.63, 3.8) is 0 Å². The number of carbonyl (C=O) groups is 1. The minimum atomic E-state index is -0.257. The minimum Gasteiger partial charge on any atom is -0.410 e. The molecule has 3 heteroatoms. The van der Waals surface area contributed by atoms with Gasteiger partial charge in [-0.15, -0.1) is 12.3 Å². The molecule has 1 heterocycles. The van der Waals surface area contributed by atoms with Crippen molar-refractivity contribution in [2.75, 3.05) is 13.1 Å². The second-order valence-corrected chi connectivity index (χ2v) is 5.45. The monoisotopic (exact) mass is 271 g/mol. The summed E-state index contributed by atoms with van der Waals surface area (Å²) in [6.45, 7) is 5.52. The maximum Gasteiger partial charge on any atom is 0.415 e. The number of hydrogen-bond donors (Lipinski definition) is 0. The van der Waals surface area contributed by atoms with E-state index in [1.165, 1.54) is 5.56 Å². The molecular formula is C17H21NO2. The molecule has 3 nitrogen and oxygen atoms in total. The SMILES string of the molecule is C#CCC1CCN(C(=O)Oc2ccc(C)c(C)c2)CC1. The van der Waals surface area contributed by atoms with Gasteiger partial charge >= 0.3 is 6.09 Å². The maximum atomic E-state index is 12.1. The molecule has 1 aliphatic rings. The molecule has 0 aromatic heterocycles. The first kappa shape index (κ1) is 14.5. The molecule has 2 rings (SSSR count). The van der Waals surface area contributed by atoms with Crippen LogP contribution in [0.1, 0.15) is 30.4 Å². The van der Waals surface area contributed by atoms with Gasteiger partial charge in [0.1, 0.15) is 5.75 Å². The largest absolute Gasteiger partial charge is 0.415 e. The van der Waals surface area contributed by atoms with Gasteiger partial charge in [0.15, 0.2) is 0 Å². The predicted molar refractivity (Wildman–Crippen MR) is 79.7 cm³/mol. The lowest BCUT2D eigenvalue weighted by Crippen LogP contribution is -2.40. The van der Waals surface area contributed by atoms with Crippen LogP contribution < -0.4 is 4.74 Å². The number of terminal acetylenes is 1. The lowest BCUT2D eigenvalue weighted by Gasteiger charge is -2.30. The average molecular weight is 271 g/mol. The first-order chi connectivity index (χ1) is 9.60. The van der Waals surface area contributed by atoms with Crippen LogP contribution in [0.3, 0.4) is 0 Å². The smallest absolute Gasteiger partial charge is 0.410 e. The zero-order chi connectivity index (χ0) is 14.5. The molecule has 0 radical (unpaired) electrons. The number of aryl methyl sites for hydroxylation is 2. The van der Waals surface area contributed by atoms with E-state index >= 15 is 0 Å². The van der Waals surface area contributed by atoms with E-state index in [1.807, 2.05) is 32.0 Å². The molecule has 1 aliphatic heterocycles. The van der Waals surface area contributed by atoms with Crippen LogP contribution in [0.4, 0.5) is 4.79 Å². The van der Waals surface area contributed by atoms with E-state index in [0.29, 0.717) is 11.7 Å². The topological polar surface area (TPSA) is 29.5 Å². The van der Waals surface area contributed by atoms with Gasteiger partial charge in [-0.05, 0) is 55.9 Å². The normalized spacial score (nSPS) is 15.8. The standard InChI is InChI=1S/C17H21NO2/c1-4-5-15-8-10-18(11-9-15)17(19)20-16-7-6-13(2)14(3)12-16/h1,6-7,12,15H,5,8-11H2,2-3H3. The van der Waals surface area contributed by atoms with E-state index in [2.05, 4.69) is 5.92 Å². The molecular weight excluding hydrogens is 250 g/mol. The van der Waals surface area contributed by atoms with Crippen molar-refractivity contribution in [3.8, 4) is 18.1 Å². The Hall–Kier alpha value is -1.95. The van der Waals surface area contributed by atoms with E-state index in [-0.39, 0.29) is 6.09 Å². The van der Waals surface area contributed by atoms with Crippen molar-refractivity contribution in [2.24, 2.45) is 5.92 Å². The van der Waals surface area contributed by atoms with E-state index in [9.17, 15) is 4.79 Å². The molecule has 0 N–H and O–H groups in total. The molecule has 0 atom stereocenters. The summed E-state index contributed by atoms with van der Waals surface area (Å²) in [7, 11) is 0. The van der Waals surface area contributed by atoms with Gasteiger partial charge in [-0.2, -0.15) is 0 Å². The number of carbonyl (C=O) groups excluding carboxylic acids is 1. The number of hydrogen-bond acceptors (Lipinski definition) is 2. The van der Waals surface area contributed by atoms with Crippen molar-refractivity contribution < 1.29 is 9.53 Å². The fourth-order valence-corrected chi connectivity index (χ4v) is 2.43. The summed E-state index contributed by atoms with van der Waals surface area (Å²) in [6, 6.07) is 5.71. The Morgan fingerprint density at radius 2 is 2.05 bits per heavy atom. The molecule has 0 spiro atoms. The maximum absolute atomic E-state index is 12.1. The summed E-state index contributed by atoms with van der Waals surface area (Å²) in [5, 5.41) is 0. The molecule has 0 saturated carbocycles. The molecule has 20 heavy (non-hydrogen) atoms. The highest BCUT2D eigenvalue weighted by atomic mass is 16.6. The van der Waals surface area contributed by atoms with Gasteiger partial charge in [0, 0.05) is 19.5 Å². The molecule has 1 amide bonds. The summed E-state index contributed by atoms with van der Waals surface area (Å²) in [5.41, 5.74) is 2.32. The molecule has 1 saturated heterocycles. The number of amides is 1. The van der Waals surface area contributed by atoms with Crippen LogP contribution in [0.15, 0.2) is 18.2 Å². The van der Waals surface area contributed by atoms with Crippen LogP contribution in [0.5, 0.6) is 5.75 Å². The zero-order valence-corrected chi connectivity index (χ0v) is 12.2. The Balaban J connectivity index is 1.89. The van der Waals surface area contributed by atoms with Crippen LogP contribution in [0, 0.1) is 32.1 Å². The van der Waals surface area contributed by atoms with Gasteiger partial charge in [0.05, 0.1) is 0 Å². The summed E-state index contributed by atoms with van der Waals surface area (Å²) in [4.78, 5) is 13.9. The minimum absolute atomic E-state index is 0.257. The van der Waals surface area contributed by atoms with Crippen molar-refractivity contribution >= 4 is 6.09 Å². The van der Waals surface area contributed by atoms with Gasteiger partial charge in [0.25, 0.3) is 0 Å². The average Bonchev–Trinajstić information content (AvgIpc) is 2.44. The van der Waals surface area contributed by atoms with E-state index in [0.717, 1.165) is 37.9 Å². The Labute approximate surface area is 120 Å². The quantitative estimate of drug-likeness (QED) is 0.770. The Morgan fingerprint density at radius 1 is 1.35 bits per heavy atom. The van der Waals surface area contributed by atoms with Crippen molar-refractivity contribution in [1.29, 1.82) is 0 Å². The van der Waals surface area contributed by atoms with Gasteiger partial charge in [-0.1, -0.05) is 6.07 Å². The number of piperidine rings is 1. The van der Waals surface area contributed by atoms with Crippen molar-refractivity contribution in [3.05, 3.63) is 29.3 Å². The number of benzene rings is 1. The van der Waals surface area contributed by atoms with E-state index < -0.39 is 0 Å². The highest BCUT2D eigenvalue weighted by molar-refractivity contribution is 5.70. The lowest BCUT2D eigenvalue weighted by atomic mass is 9.94. The zero-order valence-electron chi connectivity index (χ0n) is 12.2. The van der Waals surface area contributed by atoms with Crippen LogP contribution in [0.25, 0.3) is 0 Å². The van der Waals surface area contributed by atoms with Crippen LogP contribution in [0.2, 0.25) is 0 Å². The summed E-state index contributed by atoms with van der Waals surface area (Å²) >= 11 is 0. The number of rotatable bonds is 2. The summed E-state index contributed by atoms with van der Waals surface area (Å²) in [5.74, 6) is 3.86. The fraction of sp³-hybridized carbons (Fsp3) is 0.471. The van der Waals surface area contributed by atoms with Crippen LogP contribution >= 0.6 is 0 Å². The molecule has 0 unspecified atom stereocenters. The Kier molecular flexibility index (Phi) is 4.68. The number of likely N-dealkylation sites (tertiary alicyclic amines) is 1. The highest BCUT2D eigenvalue weighted by Crippen LogP contribution is 2.22. The molecule has 106 valence electrons. The molecule has 0 aliphatic carbocycles. The first-order valence-corrected chi connectivity index (χ1v) is 7.07. The van der Waals surface area contributed by atoms with Crippen LogP contribution in [-0.2, 0) is 0 Å². The van der Waals surface area contributed by atoms with Gasteiger partial charge in [-0.25, -0.2) is 4.79 Å². The first-order valence-electron chi connectivity index (χ1n) is 7.07. The Bertz CT molecular complexity index is 522. The van der Waals surface area contributed by atoms with Gasteiger partial charge < -0.3 is 9.64 Å². The predicted octanol–water partition coefficient (Wildman–Crippen LogP) is 3.54. The fourth-order valence-electron chi connectivity index (χ4n) is 2.43. The third-order valence-electron chi connectivity index (χ3n) is 3.96. The molecule has 1 fully saturated rings. The van der Waals surface area contributed by atoms with Gasteiger partial charge in [-0.3, -0.25) is 0 Å². The van der Waals surface area contributed by atoms with Crippen molar-refractivity contribution in [2.45, 2.75) is 33.1 Å². The molecule has 1 aromatic rings. The lowest BCUT2D eigenvalue weighted by molar-refractivity contribution is 0.131. The third-order valence-corrected chi connectivity index (χ3v) is 3.96. The number of nitrogens with zero attached hydrogens (tertiary/aromatic N) is 1. The van der Waals surface area contributed by atoms with Crippen molar-refractivity contribution in [1.82, 2.24) is 4.90 Å². The highest BCUT2D eigenvalue weighted by Gasteiger charge is 2.23. The third kappa shape index (κ3) is 3.54.